The molecule has 0 aliphatic rings. The molecular weight excluding hydrogens is 250 g/mol. The van der Waals surface area contributed by atoms with Crippen molar-refractivity contribution in [2.75, 3.05) is 46.6 Å². The summed E-state index contributed by atoms with van der Waals surface area (Å²) >= 11 is 0. The van der Waals surface area contributed by atoms with Crippen LogP contribution in [0.25, 0.3) is 0 Å². The molecule has 4 nitrogen and oxygen atoms in total. The van der Waals surface area contributed by atoms with Crippen LogP contribution in [0.1, 0.15) is 19.4 Å². The number of ether oxygens (including phenoxy) is 1. The number of methoxy groups -OCH3 is 1. The molecule has 0 unspecified atom stereocenters. The van der Waals surface area contributed by atoms with Crippen LogP contribution in [0.5, 0.6) is 5.75 Å². The van der Waals surface area contributed by atoms with Crippen molar-refractivity contribution < 1.29 is 4.74 Å². The largest absolute Gasteiger partial charge is 0.497 e. The third-order valence-electron chi connectivity index (χ3n) is 3.23. The highest BCUT2D eigenvalue weighted by atomic mass is 16.5. The molecule has 2 N–H and O–H groups in total. The van der Waals surface area contributed by atoms with E-state index in [1.54, 1.807) is 7.11 Å². The van der Waals surface area contributed by atoms with Gasteiger partial charge >= 0.3 is 0 Å². The van der Waals surface area contributed by atoms with Crippen LogP contribution in [0, 0.1) is 5.92 Å². The molecule has 0 saturated heterocycles. The van der Waals surface area contributed by atoms with Crippen molar-refractivity contribution in [1.29, 1.82) is 0 Å². The number of hydrogen-bond acceptors (Lipinski definition) is 4. The highest BCUT2D eigenvalue weighted by molar-refractivity contribution is 5.50. The Labute approximate surface area is 123 Å². The highest BCUT2D eigenvalue weighted by Crippen LogP contribution is 2.21. The van der Waals surface area contributed by atoms with Gasteiger partial charge in [-0.25, -0.2) is 0 Å². The van der Waals surface area contributed by atoms with Gasteiger partial charge in [-0.15, -0.1) is 0 Å². The first kappa shape index (κ1) is 16.8. The lowest BCUT2D eigenvalue weighted by Crippen LogP contribution is -2.34. The number of rotatable bonds is 8. The first-order chi connectivity index (χ1) is 9.42. The molecule has 0 bridgehead atoms. The fraction of sp³-hybridized carbons (Fsp3) is 0.625. The van der Waals surface area contributed by atoms with Gasteiger partial charge in [0.15, 0.2) is 0 Å². The molecule has 0 amide bonds. The van der Waals surface area contributed by atoms with E-state index in [-0.39, 0.29) is 0 Å². The lowest BCUT2D eigenvalue weighted by Gasteiger charge is -2.26. The Morgan fingerprint density at radius 3 is 2.45 bits per heavy atom. The van der Waals surface area contributed by atoms with Crippen LogP contribution in [-0.2, 0) is 6.54 Å². The molecule has 0 aliphatic carbocycles. The van der Waals surface area contributed by atoms with Crippen LogP contribution in [-0.4, -0.2) is 50.6 Å². The van der Waals surface area contributed by atoms with Crippen LogP contribution in [0.4, 0.5) is 5.69 Å². The Bertz CT molecular complexity index is 405. The van der Waals surface area contributed by atoms with Crippen molar-refractivity contribution in [2.45, 2.75) is 20.4 Å². The van der Waals surface area contributed by atoms with Gasteiger partial charge in [0.2, 0.25) is 0 Å². The van der Waals surface area contributed by atoms with Gasteiger partial charge in [-0.1, -0.05) is 13.8 Å². The molecule has 1 aromatic carbocycles. The second kappa shape index (κ2) is 8.12. The van der Waals surface area contributed by atoms with Gasteiger partial charge in [0.1, 0.15) is 5.75 Å². The molecule has 0 aromatic heterocycles. The minimum Gasteiger partial charge on any atom is -0.497 e. The fourth-order valence-corrected chi connectivity index (χ4v) is 2.18. The molecule has 4 heteroatoms. The van der Waals surface area contributed by atoms with Crippen molar-refractivity contribution in [3.8, 4) is 5.75 Å². The minimum absolute atomic E-state index is 0.643. The number of nitrogen functional groups attached to an aromatic ring is 1. The molecule has 0 radical (unpaired) electrons. The summed E-state index contributed by atoms with van der Waals surface area (Å²) < 4.78 is 5.29. The number of benzene rings is 1. The molecule has 0 spiro atoms. The molecule has 0 heterocycles. The molecular formula is C16H29N3O. The van der Waals surface area contributed by atoms with E-state index in [1.807, 2.05) is 18.2 Å². The topological polar surface area (TPSA) is 41.7 Å². The van der Waals surface area contributed by atoms with Gasteiger partial charge in [-0.3, -0.25) is 4.90 Å². The van der Waals surface area contributed by atoms with E-state index in [9.17, 15) is 0 Å². The summed E-state index contributed by atoms with van der Waals surface area (Å²) in [6.07, 6.45) is 0. The van der Waals surface area contributed by atoms with E-state index >= 15 is 0 Å². The fourth-order valence-electron chi connectivity index (χ4n) is 2.18. The summed E-state index contributed by atoms with van der Waals surface area (Å²) in [5.41, 5.74) is 8.07. The van der Waals surface area contributed by atoms with E-state index in [4.69, 9.17) is 10.5 Å². The van der Waals surface area contributed by atoms with E-state index in [0.29, 0.717) is 5.92 Å². The Hall–Kier alpha value is -1.26. The summed E-state index contributed by atoms with van der Waals surface area (Å²) in [5, 5.41) is 0. The van der Waals surface area contributed by atoms with Crippen molar-refractivity contribution in [3.63, 3.8) is 0 Å². The molecule has 0 atom stereocenters. The Morgan fingerprint density at radius 2 is 1.90 bits per heavy atom. The SMILES string of the molecule is COc1ccc(N)c(CN(CCN(C)C)CC(C)C)c1. The first-order valence-electron chi connectivity index (χ1n) is 7.21. The highest BCUT2D eigenvalue weighted by Gasteiger charge is 2.11. The summed E-state index contributed by atoms with van der Waals surface area (Å²) in [6, 6.07) is 5.87. The van der Waals surface area contributed by atoms with Gasteiger partial charge in [-0.2, -0.15) is 0 Å². The number of nitrogens with zero attached hydrogens (tertiary/aromatic N) is 2. The lowest BCUT2D eigenvalue weighted by atomic mass is 10.1. The number of likely N-dealkylation sites (N-methyl/N-ethyl adjacent to an activating group) is 1. The summed E-state index contributed by atoms with van der Waals surface area (Å²) in [5.74, 6) is 1.51. The number of nitrogens with two attached hydrogens (primary N) is 1. The standard InChI is InChI=1S/C16H29N3O/c1-13(2)11-19(9-8-18(3)4)12-14-10-15(20-5)6-7-16(14)17/h6-7,10,13H,8-9,11-12,17H2,1-5H3. The molecule has 1 aromatic rings. The second-order valence-electron chi connectivity index (χ2n) is 6.00. The van der Waals surface area contributed by atoms with E-state index < -0.39 is 0 Å². The molecule has 20 heavy (non-hydrogen) atoms. The van der Waals surface area contributed by atoms with Crippen LogP contribution >= 0.6 is 0 Å². The maximum atomic E-state index is 6.09. The molecule has 114 valence electrons. The monoisotopic (exact) mass is 279 g/mol. The number of anilines is 1. The van der Waals surface area contributed by atoms with E-state index in [0.717, 1.165) is 43.2 Å². The quantitative estimate of drug-likeness (QED) is 0.741. The third kappa shape index (κ3) is 5.80. The third-order valence-corrected chi connectivity index (χ3v) is 3.23. The predicted molar refractivity (Wildman–Crippen MR) is 86.1 cm³/mol. The van der Waals surface area contributed by atoms with Gasteiger partial charge < -0.3 is 15.4 Å². The summed E-state index contributed by atoms with van der Waals surface area (Å²) in [4.78, 5) is 4.66. The van der Waals surface area contributed by atoms with Crippen molar-refractivity contribution >= 4 is 5.69 Å². The molecule has 0 saturated carbocycles. The smallest absolute Gasteiger partial charge is 0.119 e. The molecule has 0 aliphatic heterocycles. The zero-order chi connectivity index (χ0) is 15.1. The maximum absolute atomic E-state index is 6.09. The maximum Gasteiger partial charge on any atom is 0.119 e. The predicted octanol–water partition coefficient (Wildman–Crippen LogP) is 2.30. The van der Waals surface area contributed by atoms with Crippen LogP contribution < -0.4 is 10.5 Å². The van der Waals surface area contributed by atoms with Crippen molar-refractivity contribution in [1.82, 2.24) is 9.80 Å². The van der Waals surface area contributed by atoms with Crippen LogP contribution in [0.15, 0.2) is 18.2 Å². The molecule has 0 fully saturated rings. The Kier molecular flexibility index (Phi) is 6.82. The number of hydrogen-bond donors (Lipinski definition) is 1. The van der Waals surface area contributed by atoms with Crippen molar-refractivity contribution in [2.24, 2.45) is 5.92 Å². The lowest BCUT2D eigenvalue weighted by molar-refractivity contribution is 0.212. The van der Waals surface area contributed by atoms with E-state index in [1.165, 1.54) is 0 Å². The van der Waals surface area contributed by atoms with Gasteiger partial charge in [-0.05, 0) is 43.8 Å². The zero-order valence-electron chi connectivity index (χ0n) is 13.5. The van der Waals surface area contributed by atoms with Crippen LogP contribution in [0.3, 0.4) is 0 Å². The summed E-state index contributed by atoms with van der Waals surface area (Å²) in [6.45, 7) is 8.53. The first-order valence-corrected chi connectivity index (χ1v) is 7.21. The van der Waals surface area contributed by atoms with Gasteiger partial charge in [0.25, 0.3) is 0 Å². The Balaban J connectivity index is 2.76. The normalized spacial score (nSPS) is 11.6. The average molecular weight is 279 g/mol. The Morgan fingerprint density at radius 1 is 1.20 bits per heavy atom. The zero-order valence-corrected chi connectivity index (χ0v) is 13.5. The average Bonchev–Trinajstić information content (AvgIpc) is 2.37. The van der Waals surface area contributed by atoms with Crippen LogP contribution in [0.2, 0.25) is 0 Å². The second-order valence-corrected chi connectivity index (χ2v) is 6.00. The molecule has 1 rings (SSSR count). The minimum atomic E-state index is 0.643. The van der Waals surface area contributed by atoms with Crippen molar-refractivity contribution in [3.05, 3.63) is 23.8 Å². The van der Waals surface area contributed by atoms with E-state index in [2.05, 4.69) is 37.7 Å². The van der Waals surface area contributed by atoms with Gasteiger partial charge in [0.05, 0.1) is 7.11 Å². The summed E-state index contributed by atoms with van der Waals surface area (Å²) in [7, 11) is 5.90. The van der Waals surface area contributed by atoms with Gasteiger partial charge in [0, 0.05) is 31.9 Å².